The predicted molar refractivity (Wildman–Crippen MR) is 113 cm³/mol. The molecule has 4 aromatic rings. The summed E-state index contributed by atoms with van der Waals surface area (Å²) in [6, 6.07) is 14.0. The molecule has 0 bridgehead atoms. The number of carbonyl (C=O) groups is 1. The van der Waals surface area contributed by atoms with Gasteiger partial charge < -0.3 is 5.32 Å². The number of amides is 1. The lowest BCUT2D eigenvalue weighted by molar-refractivity contribution is -0.137. The van der Waals surface area contributed by atoms with Crippen molar-refractivity contribution in [3.63, 3.8) is 0 Å². The van der Waals surface area contributed by atoms with E-state index in [2.05, 4.69) is 15.4 Å². The second-order valence-corrected chi connectivity index (χ2v) is 7.12. The third-order valence-electron chi connectivity index (χ3n) is 5.04. The van der Waals surface area contributed by atoms with Crippen molar-refractivity contribution in [3.8, 4) is 11.3 Å². The number of nitrogens with zero attached hydrogens (tertiary/aromatic N) is 3. The van der Waals surface area contributed by atoms with Gasteiger partial charge in [0, 0.05) is 29.4 Å². The number of rotatable bonds is 4. The highest BCUT2D eigenvalue weighted by molar-refractivity contribution is 6.03. The van der Waals surface area contributed by atoms with Crippen LogP contribution in [0.1, 0.15) is 28.5 Å². The monoisotopic (exact) mass is 424 g/mol. The largest absolute Gasteiger partial charge is 0.416 e. The minimum atomic E-state index is -4.39. The van der Waals surface area contributed by atoms with Crippen LogP contribution in [-0.4, -0.2) is 20.7 Å². The molecule has 0 aliphatic rings. The lowest BCUT2D eigenvalue weighted by Crippen LogP contribution is -2.17. The molecule has 0 saturated heterocycles. The first-order valence-electron chi connectivity index (χ1n) is 9.68. The first kappa shape index (κ1) is 20.6. The van der Waals surface area contributed by atoms with Crippen molar-refractivity contribution in [1.29, 1.82) is 0 Å². The molecule has 0 unspecified atom stereocenters. The van der Waals surface area contributed by atoms with Gasteiger partial charge in [0.25, 0.3) is 5.91 Å². The summed E-state index contributed by atoms with van der Waals surface area (Å²) in [6.45, 7) is 4.36. The zero-order chi connectivity index (χ0) is 22.2. The van der Waals surface area contributed by atoms with Crippen LogP contribution in [0.15, 0.2) is 60.8 Å². The summed E-state index contributed by atoms with van der Waals surface area (Å²) >= 11 is 0. The molecule has 0 aliphatic heterocycles. The van der Waals surface area contributed by atoms with Crippen molar-refractivity contribution in [1.82, 2.24) is 14.8 Å². The number of aromatic nitrogens is 3. The standard InChI is InChI=1S/C23H19F3N4O/c1-3-30-21(10-11-27-30)22(31)29-18-7-4-15(12-14(18)2)19-8-5-16-13-17(23(24,25)26)6-9-20(16)28-19/h4-13H,3H2,1-2H3,(H,29,31). The smallest absolute Gasteiger partial charge is 0.320 e. The van der Waals surface area contributed by atoms with Gasteiger partial charge in [-0.3, -0.25) is 9.48 Å². The number of halogens is 3. The Balaban J connectivity index is 1.60. The van der Waals surface area contributed by atoms with E-state index >= 15 is 0 Å². The minimum Gasteiger partial charge on any atom is -0.320 e. The molecule has 5 nitrogen and oxygen atoms in total. The quantitative estimate of drug-likeness (QED) is 0.457. The molecule has 0 aliphatic carbocycles. The third kappa shape index (κ3) is 4.14. The average molecular weight is 424 g/mol. The Labute approximate surface area is 176 Å². The maximum Gasteiger partial charge on any atom is 0.416 e. The van der Waals surface area contributed by atoms with Crippen molar-refractivity contribution >= 4 is 22.5 Å². The Bertz CT molecular complexity index is 1280. The van der Waals surface area contributed by atoms with Gasteiger partial charge in [-0.1, -0.05) is 12.1 Å². The van der Waals surface area contributed by atoms with Crippen LogP contribution >= 0.6 is 0 Å². The normalized spacial score (nSPS) is 11.6. The highest BCUT2D eigenvalue weighted by Gasteiger charge is 2.30. The van der Waals surface area contributed by atoms with Crippen LogP contribution in [0, 0.1) is 6.92 Å². The van der Waals surface area contributed by atoms with E-state index in [4.69, 9.17) is 0 Å². The molecule has 1 N–H and O–H groups in total. The molecule has 0 saturated carbocycles. The van der Waals surface area contributed by atoms with Gasteiger partial charge in [0.15, 0.2) is 0 Å². The third-order valence-corrected chi connectivity index (χ3v) is 5.04. The van der Waals surface area contributed by atoms with Gasteiger partial charge in [-0.2, -0.15) is 18.3 Å². The SMILES string of the molecule is CCn1nccc1C(=O)Nc1ccc(-c2ccc3cc(C(F)(F)F)ccc3n2)cc1C. The van der Waals surface area contributed by atoms with Crippen LogP contribution in [0.3, 0.4) is 0 Å². The molecular formula is C23H19F3N4O. The van der Waals surface area contributed by atoms with Crippen molar-refractivity contribution < 1.29 is 18.0 Å². The highest BCUT2D eigenvalue weighted by Crippen LogP contribution is 2.32. The molecule has 0 atom stereocenters. The number of benzene rings is 2. The molecule has 1 amide bonds. The Morgan fingerprint density at radius 2 is 1.87 bits per heavy atom. The molecule has 0 spiro atoms. The summed E-state index contributed by atoms with van der Waals surface area (Å²) < 4.78 is 40.3. The van der Waals surface area contributed by atoms with Gasteiger partial charge in [-0.15, -0.1) is 0 Å². The van der Waals surface area contributed by atoms with Crippen molar-refractivity contribution in [2.45, 2.75) is 26.6 Å². The number of aryl methyl sites for hydroxylation is 2. The fourth-order valence-corrected chi connectivity index (χ4v) is 3.39. The van der Waals surface area contributed by atoms with E-state index in [0.717, 1.165) is 23.3 Å². The van der Waals surface area contributed by atoms with Crippen LogP contribution in [0.4, 0.5) is 18.9 Å². The van der Waals surface area contributed by atoms with Gasteiger partial charge in [-0.25, -0.2) is 4.98 Å². The van der Waals surface area contributed by atoms with E-state index in [1.807, 2.05) is 26.0 Å². The molecular weight excluding hydrogens is 405 g/mol. The Morgan fingerprint density at radius 3 is 2.58 bits per heavy atom. The Hall–Kier alpha value is -3.68. The number of alkyl halides is 3. The van der Waals surface area contributed by atoms with E-state index in [1.165, 1.54) is 6.07 Å². The fraction of sp³-hybridized carbons (Fsp3) is 0.174. The van der Waals surface area contributed by atoms with E-state index < -0.39 is 11.7 Å². The maximum atomic E-state index is 12.9. The molecule has 2 heterocycles. The van der Waals surface area contributed by atoms with Gasteiger partial charge in [0.2, 0.25) is 0 Å². The summed E-state index contributed by atoms with van der Waals surface area (Å²) in [5, 5.41) is 7.41. The van der Waals surface area contributed by atoms with Crippen LogP contribution in [-0.2, 0) is 12.7 Å². The zero-order valence-electron chi connectivity index (χ0n) is 16.9. The second-order valence-electron chi connectivity index (χ2n) is 7.12. The average Bonchev–Trinajstić information content (AvgIpc) is 3.23. The molecule has 4 rings (SSSR count). The van der Waals surface area contributed by atoms with Gasteiger partial charge in [0.05, 0.1) is 16.8 Å². The summed E-state index contributed by atoms with van der Waals surface area (Å²) in [4.78, 5) is 17.0. The first-order valence-corrected chi connectivity index (χ1v) is 9.68. The maximum absolute atomic E-state index is 12.9. The second kappa shape index (κ2) is 7.86. The van der Waals surface area contributed by atoms with E-state index in [-0.39, 0.29) is 5.91 Å². The fourth-order valence-electron chi connectivity index (χ4n) is 3.39. The Morgan fingerprint density at radius 1 is 1.06 bits per heavy atom. The van der Waals surface area contributed by atoms with Crippen LogP contribution in [0.5, 0.6) is 0 Å². The molecule has 31 heavy (non-hydrogen) atoms. The van der Waals surface area contributed by atoms with Gasteiger partial charge in [-0.05, 0) is 61.9 Å². The topological polar surface area (TPSA) is 59.8 Å². The van der Waals surface area contributed by atoms with Gasteiger partial charge in [0.1, 0.15) is 5.69 Å². The Kier molecular flexibility index (Phi) is 5.22. The van der Waals surface area contributed by atoms with Crippen molar-refractivity contribution in [3.05, 3.63) is 77.6 Å². The summed E-state index contributed by atoms with van der Waals surface area (Å²) in [5.74, 6) is -0.250. The summed E-state index contributed by atoms with van der Waals surface area (Å²) in [6.07, 6.45) is -2.81. The van der Waals surface area contributed by atoms with E-state index in [0.29, 0.717) is 34.5 Å². The molecule has 158 valence electrons. The molecule has 2 aromatic heterocycles. The van der Waals surface area contributed by atoms with Crippen molar-refractivity contribution in [2.24, 2.45) is 0 Å². The number of pyridine rings is 1. The molecule has 0 radical (unpaired) electrons. The summed E-state index contributed by atoms with van der Waals surface area (Å²) in [7, 11) is 0. The number of hydrogen-bond acceptors (Lipinski definition) is 3. The van der Waals surface area contributed by atoms with E-state index in [9.17, 15) is 18.0 Å². The lowest BCUT2D eigenvalue weighted by atomic mass is 10.0. The lowest BCUT2D eigenvalue weighted by Gasteiger charge is -2.12. The number of anilines is 1. The number of carbonyl (C=O) groups excluding carboxylic acids is 1. The number of fused-ring (bicyclic) bond motifs is 1. The number of nitrogens with one attached hydrogen (secondary N) is 1. The predicted octanol–water partition coefficient (Wildman–Crippen LogP) is 5.70. The van der Waals surface area contributed by atoms with Crippen molar-refractivity contribution in [2.75, 3.05) is 5.32 Å². The van der Waals surface area contributed by atoms with Gasteiger partial charge >= 0.3 is 6.18 Å². The van der Waals surface area contributed by atoms with Crippen LogP contribution in [0.2, 0.25) is 0 Å². The van der Waals surface area contributed by atoms with E-state index in [1.54, 1.807) is 35.1 Å². The summed E-state index contributed by atoms with van der Waals surface area (Å²) in [5.41, 5.74) is 3.19. The first-order chi connectivity index (χ1) is 14.8. The van der Waals surface area contributed by atoms with Crippen LogP contribution < -0.4 is 5.32 Å². The highest BCUT2D eigenvalue weighted by atomic mass is 19.4. The zero-order valence-corrected chi connectivity index (χ0v) is 16.9. The molecule has 0 fully saturated rings. The molecule has 8 heteroatoms. The number of hydrogen-bond donors (Lipinski definition) is 1. The molecule has 2 aromatic carbocycles. The minimum absolute atomic E-state index is 0.250. The van der Waals surface area contributed by atoms with Crippen LogP contribution in [0.25, 0.3) is 22.2 Å².